The van der Waals surface area contributed by atoms with Crippen molar-refractivity contribution in [3.05, 3.63) is 0 Å². The standard InChI is InChI=1S/C9H17NO/c1-6-4-8(11)7(10)5-9(6,2)3/h6-7H,4-5,10H2,1-3H3/t6?,7-/m1/s1. The average Bonchev–Trinajstić information content (AvgIpc) is 1.83. The van der Waals surface area contributed by atoms with Crippen LogP contribution in [0.25, 0.3) is 0 Å². The zero-order valence-electron chi connectivity index (χ0n) is 7.55. The average molecular weight is 155 g/mol. The SMILES string of the molecule is CC1CC(=O)[C@H](N)CC1(C)C. The van der Waals surface area contributed by atoms with E-state index >= 15 is 0 Å². The largest absolute Gasteiger partial charge is 0.321 e. The Morgan fingerprint density at radius 1 is 1.55 bits per heavy atom. The van der Waals surface area contributed by atoms with E-state index in [0.29, 0.717) is 12.3 Å². The summed E-state index contributed by atoms with van der Waals surface area (Å²) < 4.78 is 0. The topological polar surface area (TPSA) is 43.1 Å². The summed E-state index contributed by atoms with van der Waals surface area (Å²) in [6.45, 7) is 6.50. The summed E-state index contributed by atoms with van der Waals surface area (Å²) in [5.74, 6) is 0.714. The molecule has 2 atom stereocenters. The Bertz CT molecular complexity index is 174. The molecule has 1 aliphatic rings. The Hall–Kier alpha value is -0.370. The van der Waals surface area contributed by atoms with Crippen LogP contribution in [-0.2, 0) is 4.79 Å². The van der Waals surface area contributed by atoms with Crippen LogP contribution in [0.15, 0.2) is 0 Å². The second-order valence-electron chi connectivity index (χ2n) is 4.37. The van der Waals surface area contributed by atoms with Crippen molar-refractivity contribution in [2.45, 2.75) is 39.7 Å². The molecule has 2 nitrogen and oxygen atoms in total. The number of nitrogens with two attached hydrogens (primary N) is 1. The molecule has 1 saturated carbocycles. The second-order valence-corrected chi connectivity index (χ2v) is 4.37. The third-order valence-corrected chi connectivity index (χ3v) is 3.00. The molecule has 0 bridgehead atoms. The maximum absolute atomic E-state index is 11.2. The van der Waals surface area contributed by atoms with Crippen LogP contribution >= 0.6 is 0 Å². The summed E-state index contributed by atoms with van der Waals surface area (Å²) in [4.78, 5) is 11.2. The molecule has 2 N–H and O–H groups in total. The van der Waals surface area contributed by atoms with E-state index in [9.17, 15) is 4.79 Å². The van der Waals surface area contributed by atoms with E-state index < -0.39 is 0 Å². The van der Waals surface area contributed by atoms with Crippen LogP contribution in [0.2, 0.25) is 0 Å². The van der Waals surface area contributed by atoms with E-state index in [-0.39, 0.29) is 17.2 Å². The number of carbonyl (C=O) groups excluding carboxylic acids is 1. The van der Waals surface area contributed by atoms with E-state index in [0.717, 1.165) is 6.42 Å². The van der Waals surface area contributed by atoms with Crippen molar-refractivity contribution < 1.29 is 4.79 Å². The zero-order valence-corrected chi connectivity index (χ0v) is 7.55. The third-order valence-electron chi connectivity index (χ3n) is 3.00. The fraction of sp³-hybridized carbons (Fsp3) is 0.889. The van der Waals surface area contributed by atoms with Crippen LogP contribution in [0.1, 0.15) is 33.6 Å². The van der Waals surface area contributed by atoms with Gasteiger partial charge in [0.05, 0.1) is 6.04 Å². The minimum atomic E-state index is -0.207. The Labute approximate surface area is 68.2 Å². The smallest absolute Gasteiger partial charge is 0.149 e. The lowest BCUT2D eigenvalue weighted by Gasteiger charge is -2.38. The maximum Gasteiger partial charge on any atom is 0.149 e. The monoisotopic (exact) mass is 155 g/mol. The molecule has 1 rings (SSSR count). The van der Waals surface area contributed by atoms with Gasteiger partial charge in [-0.1, -0.05) is 20.8 Å². The molecule has 1 fully saturated rings. The van der Waals surface area contributed by atoms with Gasteiger partial charge in [-0.25, -0.2) is 0 Å². The van der Waals surface area contributed by atoms with Crippen LogP contribution in [0, 0.1) is 11.3 Å². The number of ketones is 1. The predicted molar refractivity (Wildman–Crippen MR) is 45.2 cm³/mol. The van der Waals surface area contributed by atoms with Gasteiger partial charge >= 0.3 is 0 Å². The first kappa shape index (κ1) is 8.72. The summed E-state index contributed by atoms with van der Waals surface area (Å²) in [5.41, 5.74) is 5.91. The van der Waals surface area contributed by atoms with Gasteiger partial charge < -0.3 is 5.73 Å². The van der Waals surface area contributed by atoms with Crippen LogP contribution in [0.5, 0.6) is 0 Å². The van der Waals surface area contributed by atoms with Gasteiger partial charge in [-0.3, -0.25) is 4.79 Å². The molecular weight excluding hydrogens is 138 g/mol. The van der Waals surface area contributed by atoms with Gasteiger partial charge in [-0.2, -0.15) is 0 Å². The Morgan fingerprint density at radius 3 is 2.55 bits per heavy atom. The number of carbonyl (C=O) groups is 1. The molecular formula is C9H17NO. The minimum absolute atomic E-state index is 0.207. The summed E-state index contributed by atoms with van der Waals surface area (Å²) in [5, 5.41) is 0. The van der Waals surface area contributed by atoms with E-state index in [4.69, 9.17) is 5.73 Å². The highest BCUT2D eigenvalue weighted by Crippen LogP contribution is 2.37. The molecule has 0 radical (unpaired) electrons. The first-order valence-electron chi connectivity index (χ1n) is 4.22. The van der Waals surface area contributed by atoms with Crippen LogP contribution in [-0.4, -0.2) is 11.8 Å². The molecule has 1 aliphatic carbocycles. The molecule has 0 aliphatic heterocycles. The Balaban J connectivity index is 2.70. The van der Waals surface area contributed by atoms with Crippen molar-refractivity contribution in [3.8, 4) is 0 Å². The lowest BCUT2D eigenvalue weighted by molar-refractivity contribution is -0.125. The van der Waals surface area contributed by atoms with Crippen molar-refractivity contribution >= 4 is 5.78 Å². The quantitative estimate of drug-likeness (QED) is 0.573. The second kappa shape index (κ2) is 2.59. The Kier molecular flexibility index (Phi) is 2.06. The van der Waals surface area contributed by atoms with Crippen LogP contribution in [0.4, 0.5) is 0 Å². The van der Waals surface area contributed by atoms with E-state index in [1.807, 2.05) is 0 Å². The Morgan fingerprint density at radius 2 is 2.09 bits per heavy atom. The van der Waals surface area contributed by atoms with Crippen LogP contribution in [0.3, 0.4) is 0 Å². The molecule has 64 valence electrons. The predicted octanol–water partition coefficient (Wildman–Crippen LogP) is 1.34. The molecule has 0 aromatic carbocycles. The fourth-order valence-corrected chi connectivity index (χ4v) is 1.61. The summed E-state index contributed by atoms with van der Waals surface area (Å²) >= 11 is 0. The van der Waals surface area contributed by atoms with Crippen molar-refractivity contribution in [3.63, 3.8) is 0 Å². The maximum atomic E-state index is 11.2. The number of hydrogen-bond donors (Lipinski definition) is 1. The van der Waals surface area contributed by atoms with Crippen LogP contribution < -0.4 is 5.73 Å². The van der Waals surface area contributed by atoms with Gasteiger partial charge in [0.2, 0.25) is 0 Å². The van der Waals surface area contributed by atoms with Gasteiger partial charge in [0.25, 0.3) is 0 Å². The molecule has 2 heteroatoms. The summed E-state index contributed by atoms with van der Waals surface area (Å²) in [7, 11) is 0. The molecule has 0 spiro atoms. The number of rotatable bonds is 0. The lowest BCUT2D eigenvalue weighted by Crippen LogP contribution is -2.44. The molecule has 0 saturated heterocycles. The molecule has 0 aromatic heterocycles. The highest BCUT2D eigenvalue weighted by molar-refractivity contribution is 5.84. The van der Waals surface area contributed by atoms with Crippen molar-refractivity contribution in [2.24, 2.45) is 17.1 Å². The van der Waals surface area contributed by atoms with E-state index in [1.54, 1.807) is 0 Å². The van der Waals surface area contributed by atoms with Gasteiger partial charge in [-0.05, 0) is 17.8 Å². The zero-order chi connectivity index (χ0) is 8.65. The van der Waals surface area contributed by atoms with Gasteiger partial charge in [-0.15, -0.1) is 0 Å². The van der Waals surface area contributed by atoms with Crippen molar-refractivity contribution in [2.75, 3.05) is 0 Å². The molecule has 0 aromatic rings. The highest BCUT2D eigenvalue weighted by atomic mass is 16.1. The minimum Gasteiger partial charge on any atom is -0.321 e. The lowest BCUT2D eigenvalue weighted by atomic mass is 9.68. The molecule has 11 heavy (non-hydrogen) atoms. The van der Waals surface area contributed by atoms with Crippen molar-refractivity contribution in [1.29, 1.82) is 0 Å². The fourth-order valence-electron chi connectivity index (χ4n) is 1.61. The van der Waals surface area contributed by atoms with E-state index in [1.165, 1.54) is 0 Å². The third kappa shape index (κ3) is 1.62. The highest BCUT2D eigenvalue weighted by Gasteiger charge is 2.36. The molecule has 1 unspecified atom stereocenters. The first-order valence-corrected chi connectivity index (χ1v) is 4.22. The summed E-state index contributed by atoms with van der Waals surface area (Å²) in [6.07, 6.45) is 1.50. The number of hydrogen-bond acceptors (Lipinski definition) is 2. The molecule has 0 heterocycles. The van der Waals surface area contributed by atoms with Crippen molar-refractivity contribution in [1.82, 2.24) is 0 Å². The van der Waals surface area contributed by atoms with E-state index in [2.05, 4.69) is 20.8 Å². The normalized spacial score (nSPS) is 37.3. The summed E-state index contributed by atoms with van der Waals surface area (Å²) in [6, 6.07) is -0.207. The first-order chi connectivity index (χ1) is 4.93. The van der Waals surface area contributed by atoms with Gasteiger partial charge in [0.15, 0.2) is 0 Å². The molecule has 0 amide bonds. The van der Waals surface area contributed by atoms with Gasteiger partial charge in [0.1, 0.15) is 5.78 Å². The van der Waals surface area contributed by atoms with Gasteiger partial charge in [0, 0.05) is 6.42 Å². The number of Topliss-reactive ketones (excluding diaryl/α,β-unsaturated/α-hetero) is 1.